The van der Waals surface area contributed by atoms with Gasteiger partial charge in [-0.2, -0.15) is 0 Å². The molecule has 0 aromatic heterocycles. The minimum absolute atomic E-state index is 0.0106. The lowest BCUT2D eigenvalue weighted by molar-refractivity contribution is 0.190. The maximum absolute atomic E-state index is 11.4. The molecule has 2 N–H and O–H groups in total. The Morgan fingerprint density at radius 1 is 1.41 bits per heavy atom. The molecule has 4 nitrogen and oxygen atoms in total. The fourth-order valence-corrected chi connectivity index (χ4v) is 3.90. The van der Waals surface area contributed by atoms with E-state index in [0.717, 1.165) is 15.7 Å². The van der Waals surface area contributed by atoms with Gasteiger partial charge in [-0.25, -0.2) is 8.42 Å². The maximum atomic E-state index is 11.4. The zero-order valence-corrected chi connectivity index (χ0v) is 11.8. The molecule has 1 fully saturated rings. The van der Waals surface area contributed by atoms with E-state index in [-0.39, 0.29) is 11.5 Å². The molecule has 94 valence electrons. The molecule has 1 saturated heterocycles. The highest BCUT2D eigenvalue weighted by Crippen LogP contribution is 2.23. The Hall–Kier alpha value is -0.590. The van der Waals surface area contributed by atoms with Crippen LogP contribution < -0.4 is 5.32 Å². The average molecular weight is 320 g/mol. The van der Waals surface area contributed by atoms with Crippen molar-refractivity contribution >= 4 is 31.5 Å². The van der Waals surface area contributed by atoms with Crippen LogP contribution in [0.15, 0.2) is 22.7 Å². The molecule has 1 aliphatic rings. The number of aliphatic hydroxyl groups excluding tert-OH is 1. The number of halogens is 1. The van der Waals surface area contributed by atoms with Crippen molar-refractivity contribution in [2.75, 3.05) is 16.8 Å². The van der Waals surface area contributed by atoms with Gasteiger partial charge in [0.25, 0.3) is 0 Å². The summed E-state index contributed by atoms with van der Waals surface area (Å²) in [5.74, 6) is -0.163. The van der Waals surface area contributed by atoms with E-state index in [1.54, 1.807) is 0 Å². The Balaban J connectivity index is 2.14. The van der Waals surface area contributed by atoms with Gasteiger partial charge in [-0.15, -0.1) is 0 Å². The molecule has 1 heterocycles. The van der Waals surface area contributed by atoms with E-state index in [0.29, 0.717) is 0 Å². The minimum Gasteiger partial charge on any atom is -0.390 e. The number of aryl methyl sites for hydroxylation is 1. The summed E-state index contributed by atoms with van der Waals surface area (Å²) in [7, 11) is -3.10. The average Bonchev–Trinajstić information content (AvgIpc) is 2.46. The lowest BCUT2D eigenvalue weighted by Crippen LogP contribution is -2.31. The Morgan fingerprint density at radius 3 is 2.65 bits per heavy atom. The van der Waals surface area contributed by atoms with Crippen molar-refractivity contribution < 1.29 is 13.5 Å². The van der Waals surface area contributed by atoms with Gasteiger partial charge in [-0.1, -0.05) is 15.9 Å². The topological polar surface area (TPSA) is 66.4 Å². The molecule has 17 heavy (non-hydrogen) atoms. The van der Waals surface area contributed by atoms with Crippen LogP contribution >= 0.6 is 15.9 Å². The van der Waals surface area contributed by atoms with Gasteiger partial charge in [0.2, 0.25) is 0 Å². The van der Waals surface area contributed by atoms with Gasteiger partial charge in [-0.05, 0) is 30.7 Å². The quantitative estimate of drug-likeness (QED) is 0.863. The lowest BCUT2D eigenvalue weighted by atomic mass is 10.1. The molecule has 1 aromatic rings. The summed E-state index contributed by atoms with van der Waals surface area (Å²) in [4.78, 5) is 0. The molecule has 1 aromatic carbocycles. The van der Waals surface area contributed by atoms with Gasteiger partial charge >= 0.3 is 0 Å². The minimum atomic E-state index is -3.10. The Labute approximate surface area is 109 Å². The molecule has 0 spiro atoms. The molecule has 1 aliphatic heterocycles. The largest absolute Gasteiger partial charge is 0.390 e. The molecule has 0 saturated carbocycles. The van der Waals surface area contributed by atoms with Crippen LogP contribution in [-0.4, -0.2) is 37.2 Å². The van der Waals surface area contributed by atoms with Crippen molar-refractivity contribution in [1.29, 1.82) is 0 Å². The van der Waals surface area contributed by atoms with Crippen LogP contribution in [0.25, 0.3) is 0 Å². The van der Waals surface area contributed by atoms with Gasteiger partial charge in [0, 0.05) is 10.2 Å². The zero-order chi connectivity index (χ0) is 12.6. The van der Waals surface area contributed by atoms with E-state index in [1.807, 2.05) is 25.1 Å². The molecule has 0 radical (unpaired) electrons. The molecule has 2 atom stereocenters. The van der Waals surface area contributed by atoms with Crippen LogP contribution in [-0.2, 0) is 9.84 Å². The number of sulfone groups is 1. The zero-order valence-electron chi connectivity index (χ0n) is 9.35. The SMILES string of the molecule is Cc1cc(NC2CS(=O)(=O)CC2O)ccc1Br. The first-order chi connectivity index (χ1) is 7.87. The highest BCUT2D eigenvalue weighted by molar-refractivity contribution is 9.10. The molecular weight excluding hydrogens is 306 g/mol. The third-order valence-electron chi connectivity index (χ3n) is 2.83. The summed E-state index contributed by atoms with van der Waals surface area (Å²) in [6, 6.07) is 5.25. The normalized spacial score (nSPS) is 27.0. The van der Waals surface area contributed by atoms with Crippen molar-refractivity contribution in [3.05, 3.63) is 28.2 Å². The monoisotopic (exact) mass is 319 g/mol. The summed E-state index contributed by atoms with van der Waals surface area (Å²) in [5, 5.41) is 12.7. The third-order valence-corrected chi connectivity index (χ3v) is 5.44. The second kappa shape index (κ2) is 4.59. The van der Waals surface area contributed by atoms with Crippen LogP contribution in [0.1, 0.15) is 5.56 Å². The number of benzene rings is 1. The number of anilines is 1. The van der Waals surface area contributed by atoms with Crippen molar-refractivity contribution in [3.8, 4) is 0 Å². The van der Waals surface area contributed by atoms with Crippen LogP contribution in [0.4, 0.5) is 5.69 Å². The molecule has 0 amide bonds. The number of nitrogens with one attached hydrogen (secondary N) is 1. The second-order valence-electron chi connectivity index (χ2n) is 4.36. The predicted molar refractivity (Wildman–Crippen MR) is 71.0 cm³/mol. The fraction of sp³-hybridized carbons (Fsp3) is 0.455. The van der Waals surface area contributed by atoms with Crippen LogP contribution in [0.5, 0.6) is 0 Å². The van der Waals surface area contributed by atoms with Crippen molar-refractivity contribution in [1.82, 2.24) is 0 Å². The number of hydrogen-bond donors (Lipinski definition) is 2. The number of hydrogen-bond acceptors (Lipinski definition) is 4. The predicted octanol–water partition coefficient (Wildman–Crippen LogP) is 1.33. The van der Waals surface area contributed by atoms with E-state index in [1.165, 1.54) is 0 Å². The van der Waals surface area contributed by atoms with Crippen LogP contribution in [0.3, 0.4) is 0 Å². The summed E-state index contributed by atoms with van der Waals surface area (Å²) < 4.78 is 23.7. The van der Waals surface area contributed by atoms with Crippen LogP contribution in [0.2, 0.25) is 0 Å². The number of aliphatic hydroxyl groups is 1. The van der Waals surface area contributed by atoms with E-state index >= 15 is 0 Å². The molecular formula is C11H14BrNO3S. The first-order valence-electron chi connectivity index (χ1n) is 5.28. The summed E-state index contributed by atoms with van der Waals surface area (Å²) in [5.41, 5.74) is 1.89. The van der Waals surface area contributed by atoms with Gasteiger partial charge in [0.1, 0.15) is 0 Å². The van der Waals surface area contributed by atoms with E-state index in [9.17, 15) is 13.5 Å². The van der Waals surface area contributed by atoms with E-state index in [2.05, 4.69) is 21.2 Å². The third kappa shape index (κ3) is 3.00. The first kappa shape index (κ1) is 12.9. The van der Waals surface area contributed by atoms with Crippen LogP contribution in [0, 0.1) is 6.92 Å². The van der Waals surface area contributed by atoms with E-state index in [4.69, 9.17) is 0 Å². The van der Waals surface area contributed by atoms with Gasteiger partial charge in [0.15, 0.2) is 9.84 Å². The van der Waals surface area contributed by atoms with Crippen molar-refractivity contribution in [2.45, 2.75) is 19.1 Å². The molecule has 6 heteroatoms. The van der Waals surface area contributed by atoms with Crippen molar-refractivity contribution in [2.24, 2.45) is 0 Å². The van der Waals surface area contributed by atoms with Gasteiger partial charge in [0.05, 0.1) is 23.7 Å². The molecule has 2 unspecified atom stereocenters. The maximum Gasteiger partial charge on any atom is 0.155 e. The molecule has 0 bridgehead atoms. The van der Waals surface area contributed by atoms with Crippen molar-refractivity contribution in [3.63, 3.8) is 0 Å². The Kier molecular flexibility index (Phi) is 3.47. The molecule has 0 aliphatic carbocycles. The standard InChI is InChI=1S/C11H14BrNO3S/c1-7-4-8(2-3-9(7)12)13-10-5-17(15,16)6-11(10)14/h2-4,10-11,13-14H,5-6H2,1H3. The second-order valence-corrected chi connectivity index (χ2v) is 7.37. The summed E-state index contributed by atoms with van der Waals surface area (Å²) in [6.45, 7) is 1.96. The fourth-order valence-electron chi connectivity index (χ4n) is 1.92. The number of rotatable bonds is 2. The highest BCUT2D eigenvalue weighted by atomic mass is 79.9. The van der Waals surface area contributed by atoms with Gasteiger partial charge in [-0.3, -0.25) is 0 Å². The first-order valence-corrected chi connectivity index (χ1v) is 7.90. The smallest absolute Gasteiger partial charge is 0.155 e. The Morgan fingerprint density at radius 2 is 2.12 bits per heavy atom. The highest BCUT2D eigenvalue weighted by Gasteiger charge is 2.36. The Bertz CT molecular complexity index is 530. The summed E-state index contributed by atoms with van der Waals surface area (Å²) >= 11 is 3.40. The summed E-state index contributed by atoms with van der Waals surface area (Å²) in [6.07, 6.45) is -0.830. The lowest BCUT2D eigenvalue weighted by Gasteiger charge is -2.16. The van der Waals surface area contributed by atoms with E-state index < -0.39 is 22.0 Å². The van der Waals surface area contributed by atoms with Gasteiger partial charge < -0.3 is 10.4 Å². The molecule has 2 rings (SSSR count).